The number of carbonyl (C=O) groups is 2. The predicted octanol–water partition coefficient (Wildman–Crippen LogP) is 1.66. The smallest absolute Gasteiger partial charge is 0.256 e. The molecule has 0 fully saturated rings. The summed E-state index contributed by atoms with van der Waals surface area (Å²) in [6.45, 7) is 2.91. The van der Waals surface area contributed by atoms with Crippen LogP contribution in [0.15, 0.2) is 78.4 Å². The quantitative estimate of drug-likeness (QED) is 0.0401. The molecule has 48 heavy (non-hydrogen) atoms. The van der Waals surface area contributed by atoms with E-state index in [9.17, 15) is 35.5 Å². The molecule has 0 aliphatic rings. The molecular formula is C32H50N4O10S2. The van der Waals surface area contributed by atoms with E-state index in [0.717, 1.165) is 65.8 Å². The summed E-state index contributed by atoms with van der Waals surface area (Å²) in [5.41, 5.74) is 3.11. The first-order chi connectivity index (χ1) is 22.1. The Morgan fingerprint density at radius 2 is 0.958 bits per heavy atom. The molecule has 16 heteroatoms. The third-order valence-electron chi connectivity index (χ3n) is 6.07. The van der Waals surface area contributed by atoms with E-state index in [1.54, 1.807) is 6.08 Å². The maximum absolute atomic E-state index is 13.1. The van der Waals surface area contributed by atoms with Crippen LogP contribution in [-0.2, 0) is 38.8 Å². The van der Waals surface area contributed by atoms with Crippen molar-refractivity contribution in [3.63, 3.8) is 0 Å². The summed E-state index contributed by atoms with van der Waals surface area (Å²) in [7, 11) is 5.52. The Balaban J connectivity index is 0.00000156. The van der Waals surface area contributed by atoms with E-state index in [1.165, 1.54) is 0 Å². The number of nitrogens with one attached hydrogen (secondary N) is 2. The van der Waals surface area contributed by atoms with Gasteiger partial charge in [-0.15, -0.1) is 0 Å². The highest BCUT2D eigenvalue weighted by Crippen LogP contribution is 2.23. The van der Waals surface area contributed by atoms with Crippen LogP contribution in [0.2, 0.25) is 0 Å². The highest BCUT2D eigenvalue weighted by atomic mass is 32.3. The van der Waals surface area contributed by atoms with Gasteiger partial charge < -0.3 is 28.7 Å². The Morgan fingerprint density at radius 3 is 1.23 bits per heavy atom. The van der Waals surface area contributed by atoms with E-state index >= 15 is 0 Å². The average Bonchev–Trinajstić information content (AvgIpc) is 2.99. The summed E-state index contributed by atoms with van der Waals surface area (Å²) in [5.74, 6) is -0.700. The number of quaternary nitrogens is 2. The van der Waals surface area contributed by atoms with Crippen LogP contribution in [-0.4, -0.2) is 129 Å². The lowest BCUT2D eigenvalue weighted by Crippen LogP contribution is -2.40. The summed E-state index contributed by atoms with van der Waals surface area (Å²) in [6, 6.07) is 20.0. The molecule has 2 aromatic carbocycles. The van der Waals surface area contributed by atoms with Gasteiger partial charge in [0.05, 0.1) is 69.6 Å². The lowest BCUT2D eigenvalue weighted by molar-refractivity contribution is -0.870. The molecule has 0 saturated carbocycles. The highest BCUT2D eigenvalue weighted by molar-refractivity contribution is 7.81. The van der Waals surface area contributed by atoms with Crippen molar-refractivity contribution in [1.29, 1.82) is 0 Å². The molecule has 0 radical (unpaired) electrons. The van der Waals surface area contributed by atoms with Gasteiger partial charge in [-0.25, -0.2) is 16.8 Å². The van der Waals surface area contributed by atoms with Crippen molar-refractivity contribution in [2.45, 2.75) is 12.8 Å². The zero-order chi connectivity index (χ0) is 37.0. The molecule has 2 rings (SSSR count). The first-order valence-corrected chi connectivity index (χ1v) is 17.5. The zero-order valence-corrected chi connectivity index (χ0v) is 30.6. The van der Waals surface area contributed by atoms with Crippen molar-refractivity contribution in [2.24, 2.45) is 0 Å². The summed E-state index contributed by atoms with van der Waals surface area (Å²) in [6.07, 6.45) is 5.20. The average molecular weight is 715 g/mol. The maximum Gasteiger partial charge on any atom is 0.256 e. The molecule has 0 spiro atoms. The zero-order valence-electron chi connectivity index (χ0n) is 29.0. The van der Waals surface area contributed by atoms with E-state index in [4.69, 9.17) is 0 Å². The van der Waals surface area contributed by atoms with Gasteiger partial charge in [0.2, 0.25) is 20.8 Å². The van der Waals surface area contributed by atoms with Crippen LogP contribution in [0.3, 0.4) is 0 Å². The van der Waals surface area contributed by atoms with Gasteiger partial charge in [-0.3, -0.25) is 18.0 Å². The van der Waals surface area contributed by atoms with Crippen molar-refractivity contribution in [3.05, 3.63) is 89.5 Å². The maximum atomic E-state index is 13.1. The topological polar surface area (TPSA) is 191 Å². The van der Waals surface area contributed by atoms with Crippen molar-refractivity contribution >= 4 is 38.2 Å². The minimum absolute atomic E-state index is 0.120. The highest BCUT2D eigenvalue weighted by Gasteiger charge is 2.18. The minimum Gasteiger partial charge on any atom is -0.726 e. The van der Waals surface area contributed by atoms with Crippen molar-refractivity contribution < 1.29 is 52.9 Å². The SMILES string of the molecule is COS(=O)(=O)[O-].COS(=O)(=O)[O-].C[N+](C)(C)CCCNC(=O)C(=CC=C(c1ccccc1)c1ccccc1)C(=O)NCCC[N+](C)(C)C. The second-order valence-electron chi connectivity index (χ2n) is 12.3. The van der Waals surface area contributed by atoms with Gasteiger partial charge in [0.15, 0.2) is 0 Å². The standard InChI is InChI=1S/C30H42N4O2.2CH4O4S/c1-33(2,3)23-13-21-31-29(35)28(30(36)32-22-14-24-34(4,5)6)20-19-27(25-15-9-7-10-16-25)26-17-11-8-12-18-26;2*1-5-6(2,3)4/h7-12,15-20H,13-14,21-24H2,1-6H3;2*1H3,(H,2,3,4). The molecule has 0 saturated heterocycles. The van der Waals surface area contributed by atoms with E-state index in [2.05, 4.69) is 61.3 Å². The van der Waals surface area contributed by atoms with Crippen LogP contribution in [0, 0.1) is 0 Å². The van der Waals surface area contributed by atoms with Gasteiger partial charge in [0.25, 0.3) is 11.8 Å². The fraction of sp³-hybridized carbons (Fsp3) is 0.438. The molecule has 0 aliphatic heterocycles. The lowest BCUT2D eigenvalue weighted by atomic mass is 9.97. The number of amides is 2. The Labute approximate surface area is 286 Å². The van der Waals surface area contributed by atoms with Crippen LogP contribution >= 0.6 is 0 Å². The number of nitrogens with zero attached hydrogens (tertiary/aromatic N) is 2. The molecule has 0 bridgehead atoms. The molecule has 2 amide bonds. The Hall–Kier alpha value is -3.48. The largest absolute Gasteiger partial charge is 0.726 e. The van der Waals surface area contributed by atoms with Gasteiger partial charge in [0, 0.05) is 25.9 Å². The molecular weight excluding hydrogens is 665 g/mol. The van der Waals surface area contributed by atoms with Crippen LogP contribution in [0.5, 0.6) is 0 Å². The molecule has 2 N–H and O–H groups in total. The van der Waals surface area contributed by atoms with Crippen LogP contribution in [0.4, 0.5) is 0 Å². The number of benzene rings is 2. The van der Waals surface area contributed by atoms with E-state index in [-0.39, 0.29) is 17.4 Å². The van der Waals surface area contributed by atoms with E-state index in [1.807, 2.05) is 66.7 Å². The first kappa shape index (κ1) is 44.5. The monoisotopic (exact) mass is 714 g/mol. The molecule has 0 aromatic heterocycles. The molecule has 2 aromatic rings. The predicted molar refractivity (Wildman–Crippen MR) is 183 cm³/mol. The van der Waals surface area contributed by atoms with Gasteiger partial charge in [-0.05, 0) is 22.8 Å². The fourth-order valence-electron chi connectivity index (χ4n) is 3.72. The van der Waals surface area contributed by atoms with Gasteiger partial charge in [-0.1, -0.05) is 66.7 Å². The fourth-order valence-corrected chi connectivity index (χ4v) is 3.72. The molecule has 0 unspecified atom stereocenters. The summed E-state index contributed by atoms with van der Waals surface area (Å²) >= 11 is 0. The van der Waals surface area contributed by atoms with Crippen molar-refractivity contribution in [2.75, 3.05) is 82.7 Å². The number of hydrogen-bond donors (Lipinski definition) is 2. The summed E-state index contributed by atoms with van der Waals surface area (Å²) in [4.78, 5) is 26.2. The van der Waals surface area contributed by atoms with Crippen LogP contribution < -0.4 is 10.6 Å². The van der Waals surface area contributed by atoms with Crippen molar-refractivity contribution in [3.8, 4) is 0 Å². The van der Waals surface area contributed by atoms with E-state index in [0.29, 0.717) is 13.1 Å². The van der Waals surface area contributed by atoms with Crippen LogP contribution in [0.1, 0.15) is 24.0 Å². The van der Waals surface area contributed by atoms with Gasteiger partial charge in [-0.2, -0.15) is 0 Å². The number of hydrogen-bond acceptors (Lipinski definition) is 10. The second-order valence-corrected chi connectivity index (χ2v) is 14.6. The molecule has 0 heterocycles. The normalized spacial score (nSPS) is 11.5. The van der Waals surface area contributed by atoms with Gasteiger partial charge >= 0.3 is 0 Å². The second kappa shape index (κ2) is 21.5. The Kier molecular flexibility index (Phi) is 19.9. The molecule has 0 atom stereocenters. The lowest BCUT2D eigenvalue weighted by Gasteiger charge is -2.24. The minimum atomic E-state index is -4.41. The summed E-state index contributed by atoms with van der Waals surface area (Å²) < 4.78 is 63.7. The summed E-state index contributed by atoms with van der Waals surface area (Å²) in [5, 5.41) is 5.89. The first-order valence-electron chi connectivity index (χ1n) is 14.8. The number of carbonyl (C=O) groups excluding carboxylic acids is 2. The molecule has 270 valence electrons. The molecule has 0 aliphatic carbocycles. The number of rotatable bonds is 15. The Bertz CT molecular complexity index is 1420. The number of allylic oxidation sites excluding steroid dienone is 2. The van der Waals surface area contributed by atoms with E-state index < -0.39 is 20.8 Å². The van der Waals surface area contributed by atoms with Crippen LogP contribution in [0.25, 0.3) is 5.57 Å². The van der Waals surface area contributed by atoms with Crippen molar-refractivity contribution in [1.82, 2.24) is 10.6 Å². The molecule has 14 nitrogen and oxygen atoms in total. The van der Waals surface area contributed by atoms with Gasteiger partial charge in [0.1, 0.15) is 5.57 Å². The Morgan fingerprint density at radius 1 is 0.646 bits per heavy atom. The third-order valence-corrected chi connectivity index (χ3v) is 6.88. The third kappa shape index (κ3) is 23.8.